The van der Waals surface area contributed by atoms with Gasteiger partial charge in [-0.25, -0.2) is 0 Å². The molecule has 0 aliphatic heterocycles. The van der Waals surface area contributed by atoms with E-state index in [1.807, 2.05) is 30.4 Å². The van der Waals surface area contributed by atoms with Gasteiger partial charge in [0.1, 0.15) is 5.71 Å². The van der Waals surface area contributed by atoms with Crippen LogP contribution in [0, 0.1) is 0 Å². The first kappa shape index (κ1) is 8.24. The van der Waals surface area contributed by atoms with Crippen LogP contribution in [0.25, 0.3) is 16.8 Å². The molecule has 0 saturated carbocycles. The Kier molecular flexibility index (Phi) is 1.62. The minimum Gasteiger partial charge on any atom is -0.410 e. The van der Waals surface area contributed by atoms with E-state index in [1.165, 1.54) is 10.9 Å². The van der Waals surface area contributed by atoms with E-state index >= 15 is 0 Å². The first-order valence-electron chi connectivity index (χ1n) is 4.82. The Morgan fingerprint density at radius 1 is 0.933 bits per heavy atom. The van der Waals surface area contributed by atoms with Gasteiger partial charge in [0.05, 0.1) is 0 Å². The van der Waals surface area contributed by atoms with Crippen LogP contribution in [0.4, 0.5) is 0 Å². The van der Waals surface area contributed by atoms with E-state index in [9.17, 15) is 0 Å². The van der Waals surface area contributed by atoms with Crippen LogP contribution in [0.2, 0.25) is 0 Å². The van der Waals surface area contributed by atoms with Gasteiger partial charge in [0, 0.05) is 5.56 Å². The average molecular weight is 195 g/mol. The van der Waals surface area contributed by atoms with Crippen molar-refractivity contribution in [1.29, 1.82) is 0 Å². The van der Waals surface area contributed by atoms with E-state index in [4.69, 9.17) is 5.21 Å². The van der Waals surface area contributed by atoms with Crippen LogP contribution < -0.4 is 0 Å². The number of oxime groups is 1. The van der Waals surface area contributed by atoms with Crippen molar-refractivity contribution in [3.63, 3.8) is 0 Å². The number of nitrogens with zero attached hydrogens (tertiary/aromatic N) is 1. The fourth-order valence-corrected chi connectivity index (χ4v) is 2.07. The highest BCUT2D eigenvalue weighted by Crippen LogP contribution is 2.28. The summed E-state index contributed by atoms with van der Waals surface area (Å²) in [6.45, 7) is 0. The normalized spacial score (nSPS) is 16.1. The van der Waals surface area contributed by atoms with Crippen LogP contribution in [0.15, 0.2) is 47.6 Å². The minimum absolute atomic E-state index is 0.624. The summed E-state index contributed by atoms with van der Waals surface area (Å²) in [5.74, 6) is 0. The summed E-state index contributed by atoms with van der Waals surface area (Å²) < 4.78 is 0. The molecule has 1 aliphatic carbocycles. The highest BCUT2D eigenvalue weighted by molar-refractivity contribution is 6.22. The standard InChI is InChI=1S/C13H9NO/c15-14-12-8-7-10-4-1-3-9-5-2-6-11(12)13(9)10/h1-8,15H/b14-12-. The highest BCUT2D eigenvalue weighted by atomic mass is 16.4. The summed E-state index contributed by atoms with van der Waals surface area (Å²) in [6.07, 6.45) is 3.81. The van der Waals surface area contributed by atoms with Crippen LogP contribution >= 0.6 is 0 Å². The first-order valence-corrected chi connectivity index (χ1v) is 4.82. The molecule has 1 aliphatic rings. The second-order valence-corrected chi connectivity index (χ2v) is 3.57. The van der Waals surface area contributed by atoms with Crippen molar-refractivity contribution in [2.75, 3.05) is 0 Å². The van der Waals surface area contributed by atoms with Gasteiger partial charge in [-0.05, 0) is 22.4 Å². The van der Waals surface area contributed by atoms with Crippen molar-refractivity contribution in [2.45, 2.75) is 0 Å². The van der Waals surface area contributed by atoms with Gasteiger partial charge in [0.15, 0.2) is 0 Å². The summed E-state index contributed by atoms with van der Waals surface area (Å²) in [5, 5.41) is 14.5. The topological polar surface area (TPSA) is 32.6 Å². The minimum atomic E-state index is 0.624. The smallest absolute Gasteiger partial charge is 0.110 e. The fraction of sp³-hybridized carbons (Fsp3) is 0. The maximum Gasteiger partial charge on any atom is 0.110 e. The Hall–Kier alpha value is -2.09. The van der Waals surface area contributed by atoms with E-state index in [-0.39, 0.29) is 0 Å². The van der Waals surface area contributed by atoms with Gasteiger partial charge in [0.2, 0.25) is 0 Å². The van der Waals surface area contributed by atoms with Gasteiger partial charge in [0.25, 0.3) is 0 Å². The Morgan fingerprint density at radius 2 is 1.73 bits per heavy atom. The summed E-state index contributed by atoms with van der Waals surface area (Å²) in [4.78, 5) is 0. The third-order valence-electron chi connectivity index (χ3n) is 2.74. The van der Waals surface area contributed by atoms with E-state index in [0.717, 1.165) is 10.9 Å². The van der Waals surface area contributed by atoms with Crippen molar-refractivity contribution in [1.82, 2.24) is 0 Å². The van der Waals surface area contributed by atoms with E-state index in [1.54, 1.807) is 0 Å². The predicted molar refractivity (Wildman–Crippen MR) is 61.3 cm³/mol. The molecule has 3 rings (SSSR count). The lowest BCUT2D eigenvalue weighted by Crippen LogP contribution is -2.02. The van der Waals surface area contributed by atoms with Gasteiger partial charge in [-0.2, -0.15) is 0 Å². The second kappa shape index (κ2) is 2.95. The molecule has 2 heteroatoms. The van der Waals surface area contributed by atoms with Crippen LogP contribution in [0.5, 0.6) is 0 Å². The third-order valence-corrected chi connectivity index (χ3v) is 2.74. The monoisotopic (exact) mass is 195 g/mol. The Labute approximate surface area is 87.2 Å². The zero-order valence-electron chi connectivity index (χ0n) is 8.01. The van der Waals surface area contributed by atoms with E-state index < -0.39 is 0 Å². The maximum absolute atomic E-state index is 8.90. The molecule has 0 bridgehead atoms. The average Bonchev–Trinajstić information content (AvgIpc) is 2.30. The van der Waals surface area contributed by atoms with Gasteiger partial charge >= 0.3 is 0 Å². The number of rotatable bonds is 0. The summed E-state index contributed by atoms with van der Waals surface area (Å²) in [6, 6.07) is 12.2. The van der Waals surface area contributed by atoms with Crippen molar-refractivity contribution < 1.29 is 5.21 Å². The summed E-state index contributed by atoms with van der Waals surface area (Å²) >= 11 is 0. The van der Waals surface area contributed by atoms with Crippen molar-refractivity contribution in [3.05, 3.63) is 53.6 Å². The molecule has 0 amide bonds. The third kappa shape index (κ3) is 1.08. The molecule has 15 heavy (non-hydrogen) atoms. The molecule has 0 unspecified atom stereocenters. The number of allylic oxidation sites excluding steroid dienone is 1. The molecule has 2 aromatic rings. The molecular weight excluding hydrogens is 186 g/mol. The predicted octanol–water partition coefficient (Wildman–Crippen LogP) is 3.04. The molecule has 0 fully saturated rings. The summed E-state index contributed by atoms with van der Waals surface area (Å²) in [7, 11) is 0. The highest BCUT2D eigenvalue weighted by Gasteiger charge is 2.12. The van der Waals surface area contributed by atoms with Crippen molar-refractivity contribution >= 4 is 22.6 Å². The van der Waals surface area contributed by atoms with Crippen LogP contribution in [-0.2, 0) is 0 Å². The van der Waals surface area contributed by atoms with Gasteiger partial charge in [-0.3, -0.25) is 0 Å². The molecule has 2 aromatic carbocycles. The molecular formula is C13H9NO. The van der Waals surface area contributed by atoms with Crippen molar-refractivity contribution in [3.8, 4) is 0 Å². The molecule has 1 N–H and O–H groups in total. The molecule has 0 heterocycles. The lowest BCUT2D eigenvalue weighted by molar-refractivity contribution is 0.320. The second-order valence-electron chi connectivity index (χ2n) is 3.57. The first-order chi connectivity index (χ1) is 7.40. The summed E-state index contributed by atoms with van der Waals surface area (Å²) in [5.41, 5.74) is 2.79. The molecule has 2 nitrogen and oxygen atoms in total. The molecule has 0 atom stereocenters. The molecule has 0 spiro atoms. The fourth-order valence-electron chi connectivity index (χ4n) is 2.07. The number of benzene rings is 2. The largest absolute Gasteiger partial charge is 0.410 e. The van der Waals surface area contributed by atoms with Crippen molar-refractivity contribution in [2.24, 2.45) is 5.16 Å². The van der Waals surface area contributed by atoms with Gasteiger partial charge in [-0.15, -0.1) is 0 Å². The molecule has 72 valence electrons. The number of hydrogen-bond donors (Lipinski definition) is 1. The lowest BCUT2D eigenvalue weighted by Gasteiger charge is -2.12. The molecule has 0 aromatic heterocycles. The lowest BCUT2D eigenvalue weighted by atomic mass is 9.92. The van der Waals surface area contributed by atoms with E-state index in [0.29, 0.717) is 5.71 Å². The van der Waals surface area contributed by atoms with E-state index in [2.05, 4.69) is 23.4 Å². The quantitative estimate of drug-likeness (QED) is 0.508. The number of hydrogen-bond acceptors (Lipinski definition) is 2. The van der Waals surface area contributed by atoms with Gasteiger partial charge in [-0.1, -0.05) is 47.6 Å². The Balaban J connectivity index is 2.52. The maximum atomic E-state index is 8.90. The zero-order valence-corrected chi connectivity index (χ0v) is 8.01. The Bertz CT molecular complexity index is 591. The van der Waals surface area contributed by atoms with Crippen LogP contribution in [0.1, 0.15) is 11.1 Å². The van der Waals surface area contributed by atoms with Crippen LogP contribution in [-0.4, -0.2) is 10.9 Å². The molecule has 0 radical (unpaired) electrons. The Morgan fingerprint density at radius 3 is 2.53 bits per heavy atom. The zero-order chi connectivity index (χ0) is 10.3. The van der Waals surface area contributed by atoms with Gasteiger partial charge < -0.3 is 5.21 Å². The SMILES string of the molecule is O/N=C1/C=Cc2cccc3cccc1c23. The molecule has 0 saturated heterocycles. The van der Waals surface area contributed by atoms with Crippen LogP contribution in [0.3, 0.4) is 0 Å².